The lowest BCUT2D eigenvalue weighted by Gasteiger charge is -2.11. The van der Waals surface area contributed by atoms with Crippen molar-refractivity contribution >= 4 is 17.5 Å². The number of nitrogens with one attached hydrogen (secondary N) is 1. The summed E-state index contributed by atoms with van der Waals surface area (Å²) in [6.45, 7) is 2.31. The second-order valence-electron chi connectivity index (χ2n) is 4.86. The number of methoxy groups -OCH3 is 2. The Kier molecular flexibility index (Phi) is 5.28. The van der Waals surface area contributed by atoms with Gasteiger partial charge in [-0.15, -0.1) is 0 Å². The molecule has 0 aliphatic carbocycles. The quantitative estimate of drug-likeness (QED) is 0.916. The molecular weight excluding hydrogens is 302 g/mol. The van der Waals surface area contributed by atoms with Gasteiger partial charge in [-0.3, -0.25) is 4.79 Å². The summed E-state index contributed by atoms with van der Waals surface area (Å²) in [6, 6.07) is 10.9. The minimum atomic E-state index is -0.209. The molecule has 0 saturated carbocycles. The average molecular weight is 320 g/mol. The maximum absolute atomic E-state index is 12.2. The van der Waals surface area contributed by atoms with Crippen LogP contribution in [0.2, 0.25) is 5.02 Å². The Hall–Kier alpha value is -2.20. The third kappa shape index (κ3) is 3.71. The normalized spacial score (nSPS) is 10.2. The van der Waals surface area contributed by atoms with Crippen molar-refractivity contribution in [2.75, 3.05) is 14.2 Å². The first-order chi connectivity index (χ1) is 10.5. The van der Waals surface area contributed by atoms with Crippen LogP contribution in [0.15, 0.2) is 36.4 Å². The molecule has 0 bridgehead atoms. The van der Waals surface area contributed by atoms with Gasteiger partial charge in [-0.2, -0.15) is 0 Å². The van der Waals surface area contributed by atoms with Gasteiger partial charge in [-0.05, 0) is 42.3 Å². The molecule has 0 heterocycles. The Morgan fingerprint density at radius 1 is 1.09 bits per heavy atom. The number of ether oxygens (including phenoxy) is 2. The van der Waals surface area contributed by atoms with Crippen molar-refractivity contribution in [2.24, 2.45) is 0 Å². The molecule has 1 amide bonds. The molecule has 2 rings (SSSR count). The molecule has 0 fully saturated rings. The molecule has 4 nitrogen and oxygen atoms in total. The Balaban J connectivity index is 2.08. The molecule has 2 aromatic rings. The van der Waals surface area contributed by atoms with Gasteiger partial charge in [0, 0.05) is 6.54 Å². The number of hydrogen-bond donors (Lipinski definition) is 1. The second kappa shape index (κ2) is 7.18. The van der Waals surface area contributed by atoms with Crippen LogP contribution in [-0.2, 0) is 6.54 Å². The van der Waals surface area contributed by atoms with Gasteiger partial charge < -0.3 is 14.8 Å². The van der Waals surface area contributed by atoms with Gasteiger partial charge in [0.25, 0.3) is 5.91 Å². The van der Waals surface area contributed by atoms with Crippen molar-refractivity contribution in [2.45, 2.75) is 13.5 Å². The minimum absolute atomic E-state index is 0.209. The predicted octanol–water partition coefficient (Wildman–Crippen LogP) is 3.60. The standard InChI is InChI=1S/C17H18ClNO3/c1-11-4-6-13(14(18)8-11)17(20)19-10-12-5-7-15(21-2)16(9-12)22-3/h4-9H,10H2,1-3H3,(H,19,20). The fourth-order valence-electron chi connectivity index (χ4n) is 2.07. The molecular formula is C17H18ClNO3. The summed E-state index contributed by atoms with van der Waals surface area (Å²) in [5, 5.41) is 3.29. The molecule has 0 spiro atoms. The number of halogens is 1. The zero-order chi connectivity index (χ0) is 16.1. The fraction of sp³-hybridized carbons (Fsp3) is 0.235. The van der Waals surface area contributed by atoms with E-state index in [2.05, 4.69) is 5.32 Å². The van der Waals surface area contributed by atoms with Crippen LogP contribution in [0, 0.1) is 6.92 Å². The number of benzene rings is 2. The molecule has 0 atom stereocenters. The van der Waals surface area contributed by atoms with Gasteiger partial charge in [-0.25, -0.2) is 0 Å². The molecule has 0 saturated heterocycles. The Labute approximate surface area is 135 Å². The summed E-state index contributed by atoms with van der Waals surface area (Å²) in [5.41, 5.74) is 2.39. The lowest BCUT2D eigenvalue weighted by Crippen LogP contribution is -2.23. The van der Waals surface area contributed by atoms with Crippen LogP contribution >= 0.6 is 11.6 Å². The number of carbonyl (C=O) groups excluding carboxylic acids is 1. The van der Waals surface area contributed by atoms with E-state index in [4.69, 9.17) is 21.1 Å². The minimum Gasteiger partial charge on any atom is -0.493 e. The van der Waals surface area contributed by atoms with Crippen LogP contribution in [0.4, 0.5) is 0 Å². The van der Waals surface area contributed by atoms with E-state index in [-0.39, 0.29) is 5.91 Å². The first-order valence-electron chi connectivity index (χ1n) is 6.80. The van der Waals surface area contributed by atoms with Crippen LogP contribution in [0.1, 0.15) is 21.5 Å². The smallest absolute Gasteiger partial charge is 0.253 e. The Bertz CT molecular complexity index is 686. The van der Waals surface area contributed by atoms with Gasteiger partial charge in [-0.1, -0.05) is 23.7 Å². The van der Waals surface area contributed by atoms with E-state index < -0.39 is 0 Å². The number of hydrogen-bond acceptors (Lipinski definition) is 3. The van der Waals surface area contributed by atoms with Crippen molar-refractivity contribution in [1.29, 1.82) is 0 Å². The lowest BCUT2D eigenvalue weighted by atomic mass is 10.1. The van der Waals surface area contributed by atoms with Gasteiger partial charge >= 0.3 is 0 Å². The molecule has 5 heteroatoms. The highest BCUT2D eigenvalue weighted by atomic mass is 35.5. The first-order valence-corrected chi connectivity index (χ1v) is 7.18. The van der Waals surface area contributed by atoms with Gasteiger partial charge in [0.15, 0.2) is 11.5 Å². The van der Waals surface area contributed by atoms with E-state index in [1.54, 1.807) is 32.4 Å². The molecule has 0 unspecified atom stereocenters. The third-order valence-electron chi connectivity index (χ3n) is 3.27. The zero-order valence-electron chi connectivity index (χ0n) is 12.8. The third-order valence-corrected chi connectivity index (χ3v) is 3.58. The maximum Gasteiger partial charge on any atom is 0.253 e. The largest absolute Gasteiger partial charge is 0.493 e. The van der Waals surface area contributed by atoms with Crippen LogP contribution in [0.5, 0.6) is 11.5 Å². The predicted molar refractivity (Wildman–Crippen MR) is 86.9 cm³/mol. The number of amides is 1. The lowest BCUT2D eigenvalue weighted by molar-refractivity contribution is 0.0951. The van der Waals surface area contributed by atoms with E-state index in [9.17, 15) is 4.79 Å². The second-order valence-corrected chi connectivity index (χ2v) is 5.26. The zero-order valence-corrected chi connectivity index (χ0v) is 13.5. The maximum atomic E-state index is 12.2. The van der Waals surface area contributed by atoms with E-state index in [1.807, 2.05) is 25.1 Å². The van der Waals surface area contributed by atoms with Gasteiger partial charge in [0.05, 0.1) is 24.8 Å². The van der Waals surface area contributed by atoms with Crippen molar-refractivity contribution in [3.63, 3.8) is 0 Å². The van der Waals surface area contributed by atoms with Crippen molar-refractivity contribution in [3.05, 3.63) is 58.1 Å². The summed E-state index contributed by atoms with van der Waals surface area (Å²) < 4.78 is 10.4. The molecule has 0 aliphatic rings. The summed E-state index contributed by atoms with van der Waals surface area (Å²) in [6.07, 6.45) is 0. The average Bonchev–Trinajstić information content (AvgIpc) is 2.52. The summed E-state index contributed by atoms with van der Waals surface area (Å²) in [5.74, 6) is 1.07. The molecule has 0 aromatic heterocycles. The van der Waals surface area contributed by atoms with Crippen LogP contribution in [0.3, 0.4) is 0 Å². The van der Waals surface area contributed by atoms with E-state index in [0.717, 1.165) is 11.1 Å². The fourth-order valence-corrected chi connectivity index (χ4v) is 2.39. The van der Waals surface area contributed by atoms with Crippen molar-refractivity contribution in [1.82, 2.24) is 5.32 Å². The molecule has 2 aromatic carbocycles. The summed E-state index contributed by atoms with van der Waals surface area (Å²) in [7, 11) is 3.16. The number of aryl methyl sites for hydroxylation is 1. The number of rotatable bonds is 5. The van der Waals surface area contributed by atoms with Crippen molar-refractivity contribution in [3.8, 4) is 11.5 Å². The Morgan fingerprint density at radius 2 is 1.82 bits per heavy atom. The highest BCUT2D eigenvalue weighted by Gasteiger charge is 2.11. The number of carbonyl (C=O) groups is 1. The SMILES string of the molecule is COc1ccc(CNC(=O)c2ccc(C)cc2Cl)cc1OC. The van der Waals surface area contributed by atoms with E-state index >= 15 is 0 Å². The topological polar surface area (TPSA) is 47.6 Å². The molecule has 0 aliphatic heterocycles. The van der Waals surface area contributed by atoms with Gasteiger partial charge in [0.1, 0.15) is 0 Å². The van der Waals surface area contributed by atoms with Crippen LogP contribution < -0.4 is 14.8 Å². The Morgan fingerprint density at radius 3 is 2.45 bits per heavy atom. The summed E-state index contributed by atoms with van der Waals surface area (Å²) in [4.78, 5) is 12.2. The summed E-state index contributed by atoms with van der Waals surface area (Å²) >= 11 is 6.10. The van der Waals surface area contributed by atoms with Crippen LogP contribution in [-0.4, -0.2) is 20.1 Å². The molecule has 1 N–H and O–H groups in total. The van der Waals surface area contributed by atoms with Gasteiger partial charge in [0.2, 0.25) is 0 Å². The molecule has 22 heavy (non-hydrogen) atoms. The highest BCUT2D eigenvalue weighted by Crippen LogP contribution is 2.27. The molecule has 0 radical (unpaired) electrons. The highest BCUT2D eigenvalue weighted by molar-refractivity contribution is 6.33. The monoisotopic (exact) mass is 319 g/mol. The van der Waals surface area contributed by atoms with Crippen LogP contribution in [0.25, 0.3) is 0 Å². The van der Waals surface area contributed by atoms with E-state index in [1.165, 1.54) is 0 Å². The molecule has 116 valence electrons. The van der Waals surface area contributed by atoms with Crippen molar-refractivity contribution < 1.29 is 14.3 Å². The first kappa shape index (κ1) is 16.2. The van der Waals surface area contributed by atoms with E-state index in [0.29, 0.717) is 28.6 Å².